The molecule has 0 atom stereocenters. The van der Waals surface area contributed by atoms with Crippen LogP contribution in [0.1, 0.15) is 10.4 Å². The Morgan fingerprint density at radius 2 is 2.29 bits per heavy atom. The molecule has 0 aliphatic carbocycles. The topological polar surface area (TPSA) is 72.7 Å². The van der Waals surface area contributed by atoms with Crippen molar-refractivity contribution < 1.29 is 4.79 Å². The van der Waals surface area contributed by atoms with Crippen molar-refractivity contribution in [2.75, 3.05) is 5.32 Å². The van der Waals surface area contributed by atoms with Crippen LogP contribution in [-0.2, 0) is 7.05 Å². The van der Waals surface area contributed by atoms with E-state index in [0.717, 1.165) is 4.47 Å². The second kappa shape index (κ2) is 4.80. The zero-order valence-corrected chi connectivity index (χ0v) is 11.0. The molecule has 0 aliphatic heterocycles. The Bertz CT molecular complexity index is 570. The zero-order valence-electron chi connectivity index (χ0n) is 8.69. The molecule has 2 aromatic rings. The fourth-order valence-corrected chi connectivity index (χ4v) is 1.57. The summed E-state index contributed by atoms with van der Waals surface area (Å²) in [4.78, 5) is 13.0. The highest BCUT2D eigenvalue weighted by molar-refractivity contribution is 9.10. The predicted octanol–water partition coefficient (Wildman–Crippen LogP) is 1.88. The smallest absolute Gasteiger partial charge is 0.270 e. The van der Waals surface area contributed by atoms with Gasteiger partial charge in [-0.1, -0.05) is 16.7 Å². The summed E-state index contributed by atoms with van der Waals surface area (Å²) in [6.45, 7) is 0. The third-order valence-corrected chi connectivity index (χ3v) is 3.15. The lowest BCUT2D eigenvalue weighted by atomic mass is 10.2. The monoisotopic (exact) mass is 315 g/mol. The molecule has 1 aromatic heterocycles. The standard InChI is InChI=1S/C9H7BrClN5O/c1-16-14-9(13-15-16)12-8(17)5-2-3-6(10)7(11)4-5/h2-4H,1H3,(H,12,14,17). The summed E-state index contributed by atoms with van der Waals surface area (Å²) in [5, 5.41) is 14.1. The van der Waals surface area contributed by atoms with Gasteiger partial charge in [0.1, 0.15) is 0 Å². The predicted molar refractivity (Wildman–Crippen MR) is 65.9 cm³/mol. The number of benzene rings is 1. The van der Waals surface area contributed by atoms with Crippen LogP contribution in [0.3, 0.4) is 0 Å². The number of hydrogen-bond acceptors (Lipinski definition) is 4. The number of nitrogens with one attached hydrogen (secondary N) is 1. The minimum absolute atomic E-state index is 0.150. The van der Waals surface area contributed by atoms with Crippen molar-refractivity contribution in [1.82, 2.24) is 20.2 Å². The lowest BCUT2D eigenvalue weighted by molar-refractivity contribution is 0.102. The molecule has 0 radical (unpaired) electrons. The Kier molecular flexibility index (Phi) is 3.39. The minimum Gasteiger partial charge on any atom is -0.288 e. The summed E-state index contributed by atoms with van der Waals surface area (Å²) in [6, 6.07) is 4.89. The second-order valence-electron chi connectivity index (χ2n) is 3.19. The molecule has 0 bridgehead atoms. The fourth-order valence-electron chi connectivity index (χ4n) is 1.15. The molecule has 1 amide bonds. The van der Waals surface area contributed by atoms with Crippen LogP contribution in [0.5, 0.6) is 0 Å². The average molecular weight is 317 g/mol. The molecular weight excluding hydrogens is 309 g/mol. The van der Waals surface area contributed by atoms with Crippen LogP contribution < -0.4 is 5.32 Å². The van der Waals surface area contributed by atoms with E-state index in [1.54, 1.807) is 25.2 Å². The molecule has 1 aromatic carbocycles. The number of hydrogen-bond donors (Lipinski definition) is 1. The van der Waals surface area contributed by atoms with E-state index in [9.17, 15) is 4.79 Å². The molecular formula is C9H7BrClN5O. The van der Waals surface area contributed by atoms with Crippen LogP contribution in [-0.4, -0.2) is 26.1 Å². The average Bonchev–Trinajstić information content (AvgIpc) is 2.68. The van der Waals surface area contributed by atoms with Crippen molar-refractivity contribution in [2.24, 2.45) is 7.05 Å². The first-order chi connectivity index (χ1) is 8.06. The number of aromatic nitrogens is 4. The van der Waals surface area contributed by atoms with Crippen LogP contribution in [0.4, 0.5) is 5.95 Å². The van der Waals surface area contributed by atoms with E-state index in [4.69, 9.17) is 11.6 Å². The quantitative estimate of drug-likeness (QED) is 0.918. The lowest BCUT2D eigenvalue weighted by Gasteiger charge is -2.02. The molecule has 1 heterocycles. The van der Waals surface area contributed by atoms with Crippen LogP contribution >= 0.6 is 27.5 Å². The third kappa shape index (κ3) is 2.80. The summed E-state index contributed by atoms with van der Waals surface area (Å²) in [5.41, 5.74) is 0.422. The van der Waals surface area contributed by atoms with Crippen LogP contribution in [0.15, 0.2) is 22.7 Å². The number of carbonyl (C=O) groups is 1. The van der Waals surface area contributed by atoms with Crippen molar-refractivity contribution >= 4 is 39.4 Å². The number of halogens is 2. The summed E-state index contributed by atoms with van der Waals surface area (Å²) in [7, 11) is 1.61. The number of carbonyl (C=O) groups excluding carboxylic acids is 1. The molecule has 88 valence electrons. The SMILES string of the molecule is Cn1nnc(NC(=O)c2ccc(Br)c(Cl)c2)n1. The normalized spacial score (nSPS) is 10.3. The molecule has 0 fully saturated rings. The van der Waals surface area contributed by atoms with Gasteiger partial charge < -0.3 is 0 Å². The largest absolute Gasteiger partial charge is 0.288 e. The van der Waals surface area contributed by atoms with Gasteiger partial charge in [0, 0.05) is 10.0 Å². The van der Waals surface area contributed by atoms with Crippen LogP contribution in [0.25, 0.3) is 0 Å². The molecule has 6 nitrogen and oxygen atoms in total. The first-order valence-corrected chi connectivity index (χ1v) is 5.74. The van der Waals surface area contributed by atoms with Gasteiger partial charge in [-0.3, -0.25) is 10.1 Å². The van der Waals surface area contributed by atoms with Gasteiger partial charge in [-0.2, -0.15) is 4.80 Å². The van der Waals surface area contributed by atoms with Crippen molar-refractivity contribution in [2.45, 2.75) is 0 Å². The Balaban J connectivity index is 2.17. The highest BCUT2D eigenvalue weighted by Crippen LogP contribution is 2.23. The molecule has 8 heteroatoms. The Morgan fingerprint density at radius 1 is 1.53 bits per heavy atom. The van der Waals surface area contributed by atoms with E-state index >= 15 is 0 Å². The molecule has 2 rings (SSSR count). The number of tetrazole rings is 1. The summed E-state index contributed by atoms with van der Waals surface area (Å²) in [5.74, 6) is -0.191. The van der Waals surface area contributed by atoms with E-state index in [1.165, 1.54) is 4.80 Å². The molecule has 0 saturated carbocycles. The minimum atomic E-state index is -0.340. The van der Waals surface area contributed by atoms with Crippen molar-refractivity contribution in [3.63, 3.8) is 0 Å². The van der Waals surface area contributed by atoms with Gasteiger partial charge >= 0.3 is 0 Å². The highest BCUT2D eigenvalue weighted by Gasteiger charge is 2.10. The van der Waals surface area contributed by atoms with Gasteiger partial charge in [0.2, 0.25) is 0 Å². The molecule has 0 unspecified atom stereocenters. The maximum atomic E-state index is 11.8. The first-order valence-electron chi connectivity index (χ1n) is 4.56. The Morgan fingerprint density at radius 3 is 2.88 bits per heavy atom. The van der Waals surface area contributed by atoms with Crippen LogP contribution in [0.2, 0.25) is 5.02 Å². The zero-order chi connectivity index (χ0) is 12.4. The van der Waals surface area contributed by atoms with Gasteiger partial charge in [0.15, 0.2) is 0 Å². The number of nitrogens with zero attached hydrogens (tertiary/aromatic N) is 4. The van der Waals surface area contributed by atoms with Gasteiger partial charge in [0.25, 0.3) is 11.9 Å². The number of aryl methyl sites for hydroxylation is 1. The first kappa shape index (κ1) is 12.0. The van der Waals surface area contributed by atoms with Gasteiger partial charge in [-0.25, -0.2) is 0 Å². The third-order valence-electron chi connectivity index (χ3n) is 1.92. The van der Waals surface area contributed by atoms with Crippen LogP contribution in [0, 0.1) is 0 Å². The van der Waals surface area contributed by atoms with Crippen molar-refractivity contribution in [3.05, 3.63) is 33.3 Å². The van der Waals surface area contributed by atoms with Gasteiger partial charge in [0.05, 0.1) is 12.1 Å². The molecule has 0 spiro atoms. The van der Waals surface area contributed by atoms with E-state index in [1.807, 2.05) is 0 Å². The molecule has 0 saturated heterocycles. The number of anilines is 1. The fraction of sp³-hybridized carbons (Fsp3) is 0.111. The maximum absolute atomic E-state index is 11.8. The number of amides is 1. The van der Waals surface area contributed by atoms with E-state index < -0.39 is 0 Å². The summed E-state index contributed by atoms with van der Waals surface area (Å²) < 4.78 is 0.730. The number of rotatable bonds is 2. The Labute approximate surface area is 110 Å². The van der Waals surface area contributed by atoms with Gasteiger partial charge in [-0.05, 0) is 39.3 Å². The van der Waals surface area contributed by atoms with Crippen molar-refractivity contribution in [3.8, 4) is 0 Å². The summed E-state index contributed by atoms with van der Waals surface area (Å²) >= 11 is 9.14. The maximum Gasteiger partial charge on any atom is 0.270 e. The van der Waals surface area contributed by atoms with E-state index in [2.05, 4.69) is 36.7 Å². The molecule has 17 heavy (non-hydrogen) atoms. The lowest BCUT2D eigenvalue weighted by Crippen LogP contribution is -2.13. The Hall–Kier alpha value is -1.47. The molecule has 1 N–H and O–H groups in total. The summed E-state index contributed by atoms with van der Waals surface area (Å²) in [6.07, 6.45) is 0. The second-order valence-corrected chi connectivity index (χ2v) is 4.45. The highest BCUT2D eigenvalue weighted by atomic mass is 79.9. The molecule has 0 aliphatic rings. The van der Waals surface area contributed by atoms with E-state index in [0.29, 0.717) is 10.6 Å². The van der Waals surface area contributed by atoms with Gasteiger partial charge in [-0.15, -0.1) is 5.10 Å². The van der Waals surface area contributed by atoms with E-state index in [-0.39, 0.29) is 11.9 Å². The van der Waals surface area contributed by atoms with Crippen molar-refractivity contribution in [1.29, 1.82) is 0 Å².